The van der Waals surface area contributed by atoms with Gasteiger partial charge in [0.2, 0.25) is 11.2 Å². The van der Waals surface area contributed by atoms with Crippen molar-refractivity contribution in [3.63, 3.8) is 0 Å². The number of hydrogen-bond donors (Lipinski definition) is 1. The lowest BCUT2D eigenvalue weighted by molar-refractivity contribution is 0.319. The number of nitrogens with two attached hydrogens (primary N) is 1. The van der Waals surface area contributed by atoms with Crippen molar-refractivity contribution in [2.45, 2.75) is 0 Å². The zero-order chi connectivity index (χ0) is 21.4. The molecule has 0 aliphatic rings. The van der Waals surface area contributed by atoms with Gasteiger partial charge in [0, 0.05) is 0 Å². The number of aromatic nitrogens is 6. The fraction of sp³-hybridized carbons (Fsp3) is 0. The number of rotatable bonds is 1. The van der Waals surface area contributed by atoms with Crippen LogP contribution in [0.2, 0.25) is 0 Å². The van der Waals surface area contributed by atoms with Gasteiger partial charge >= 0.3 is 5.82 Å². The molecule has 1 aromatic carbocycles. The minimum absolute atomic E-state index is 0.000636. The van der Waals surface area contributed by atoms with Gasteiger partial charge in [0.15, 0.2) is 17.1 Å². The van der Waals surface area contributed by atoms with E-state index in [1.54, 1.807) is 24.3 Å². The summed E-state index contributed by atoms with van der Waals surface area (Å²) in [6.07, 6.45) is 0. The van der Waals surface area contributed by atoms with Crippen LogP contribution in [0.5, 0.6) is 5.88 Å². The quantitative estimate of drug-likeness (QED) is 0.271. The predicted molar refractivity (Wildman–Crippen MR) is 95.7 cm³/mol. The van der Waals surface area contributed by atoms with Gasteiger partial charge in [-0.2, -0.15) is 26.9 Å². The Kier molecular flexibility index (Phi) is 3.90. The molecule has 0 aliphatic heterocycles. The highest BCUT2D eigenvalue weighted by atomic mass is 16.6. The van der Waals surface area contributed by atoms with Gasteiger partial charge in [0.1, 0.15) is 51.9 Å². The maximum Gasteiger partial charge on any atom is 0.307 e. The first-order chi connectivity index (χ1) is 14.6. The molecule has 0 amide bonds. The highest BCUT2D eigenvalue weighted by Gasteiger charge is 2.24. The van der Waals surface area contributed by atoms with E-state index >= 15 is 0 Å². The predicted octanol–water partition coefficient (Wildman–Crippen LogP) is 0.806. The molecule has 2 N–H and O–H groups in total. The number of hydrogen-bond acceptors (Lipinski definition) is 12. The Hall–Kier alpha value is -5.55. The van der Waals surface area contributed by atoms with Crippen LogP contribution in [-0.2, 0) is 0 Å². The number of nitriles is 4. The average molecular weight is 390 g/mol. The molecule has 0 saturated heterocycles. The molecule has 0 aliphatic carbocycles. The Morgan fingerprint density at radius 2 is 1.03 bits per heavy atom. The second-order valence-electron chi connectivity index (χ2n) is 5.46. The van der Waals surface area contributed by atoms with E-state index in [2.05, 4.69) is 39.6 Å². The Labute approximate surface area is 165 Å². The molecule has 0 atom stereocenters. The van der Waals surface area contributed by atoms with Crippen molar-refractivity contribution < 1.29 is 4.84 Å². The van der Waals surface area contributed by atoms with Crippen LogP contribution in [0, 0.1) is 51.9 Å². The Morgan fingerprint density at radius 1 is 0.633 bits per heavy atom. The molecule has 0 radical (unpaired) electrons. The van der Waals surface area contributed by atoms with Crippen LogP contribution in [-0.4, -0.2) is 29.9 Å². The first-order valence-electron chi connectivity index (χ1n) is 7.71. The minimum Gasteiger partial charge on any atom is -0.388 e. The van der Waals surface area contributed by atoms with Crippen LogP contribution >= 0.6 is 0 Å². The fourth-order valence-electron chi connectivity index (χ4n) is 2.74. The lowest BCUT2D eigenvalue weighted by atomic mass is 10.1. The van der Waals surface area contributed by atoms with E-state index in [9.17, 15) is 21.0 Å². The fourth-order valence-corrected chi connectivity index (χ4v) is 2.74. The van der Waals surface area contributed by atoms with Gasteiger partial charge in [-0.1, -0.05) is 6.57 Å². The van der Waals surface area contributed by atoms with E-state index < -0.39 is 0 Å². The van der Waals surface area contributed by atoms with Gasteiger partial charge in [-0.05, 0) is 0 Å². The summed E-state index contributed by atoms with van der Waals surface area (Å²) >= 11 is 0. The second-order valence-corrected chi connectivity index (χ2v) is 5.46. The Balaban J connectivity index is 2.40. The summed E-state index contributed by atoms with van der Waals surface area (Å²) in [6, 6.07) is 7.06. The topological polar surface area (TPSA) is 212 Å². The maximum atomic E-state index is 9.30. The lowest BCUT2D eigenvalue weighted by Gasteiger charge is -2.08. The van der Waals surface area contributed by atoms with Gasteiger partial charge < -0.3 is 9.68 Å². The van der Waals surface area contributed by atoms with E-state index in [1.165, 1.54) is 0 Å². The molecule has 3 aromatic heterocycles. The number of benzene rings is 1. The summed E-state index contributed by atoms with van der Waals surface area (Å²) < 4.78 is 0. The van der Waals surface area contributed by atoms with Crippen molar-refractivity contribution >= 4 is 38.9 Å². The van der Waals surface area contributed by atoms with Crippen molar-refractivity contribution in [1.82, 2.24) is 29.9 Å². The molecule has 4 rings (SSSR count). The zero-order valence-electron chi connectivity index (χ0n) is 14.4. The highest BCUT2D eigenvalue weighted by Crippen LogP contribution is 2.33. The van der Waals surface area contributed by atoms with E-state index in [0.717, 1.165) is 0 Å². The molecule has 4 aromatic rings. The molecular weight excluding hydrogens is 388 g/mol. The molecule has 3 heterocycles. The van der Waals surface area contributed by atoms with E-state index in [0.29, 0.717) is 0 Å². The van der Waals surface area contributed by atoms with Gasteiger partial charge in [0.05, 0.1) is 0 Å². The van der Waals surface area contributed by atoms with Crippen LogP contribution in [0.4, 0.5) is 5.82 Å². The first kappa shape index (κ1) is 17.8. The van der Waals surface area contributed by atoms with Gasteiger partial charge in [-0.3, -0.25) is 0 Å². The molecule has 0 saturated carbocycles. The second kappa shape index (κ2) is 6.56. The maximum absolute atomic E-state index is 9.30. The first-order valence-corrected chi connectivity index (χ1v) is 7.71. The highest BCUT2D eigenvalue weighted by molar-refractivity contribution is 6.18. The molecular formula is C17H2N12O. The molecule has 30 heavy (non-hydrogen) atoms. The normalized spacial score (nSPS) is 10.0. The molecule has 0 spiro atoms. The third-order valence-corrected chi connectivity index (χ3v) is 3.95. The molecule has 0 unspecified atom stereocenters. The van der Waals surface area contributed by atoms with Crippen LogP contribution in [0.1, 0.15) is 22.8 Å². The minimum atomic E-state index is -0.316. The van der Waals surface area contributed by atoms with Crippen LogP contribution in [0.15, 0.2) is 0 Å². The summed E-state index contributed by atoms with van der Waals surface area (Å²) in [5, 5.41) is 37.2. The largest absolute Gasteiger partial charge is 0.388 e. The van der Waals surface area contributed by atoms with Crippen molar-refractivity contribution in [2.75, 3.05) is 0 Å². The smallest absolute Gasteiger partial charge is 0.307 e. The van der Waals surface area contributed by atoms with Crippen molar-refractivity contribution in [2.24, 2.45) is 5.90 Å². The average Bonchev–Trinajstić information content (AvgIpc) is 2.81. The molecule has 0 bridgehead atoms. The van der Waals surface area contributed by atoms with Crippen molar-refractivity contribution in [3.05, 3.63) is 34.2 Å². The van der Waals surface area contributed by atoms with Crippen LogP contribution < -0.4 is 10.7 Å². The SMILES string of the molecule is [C-]#[N+]c1nc2c(nc1C#N)c1nc(C#N)c(C#N)nc1c1nc(C#N)c(ON)nc12. The van der Waals surface area contributed by atoms with E-state index in [1.807, 2.05) is 0 Å². The molecule has 0 fully saturated rings. The summed E-state index contributed by atoms with van der Waals surface area (Å²) in [6.45, 7) is 7.23. The summed E-state index contributed by atoms with van der Waals surface area (Å²) in [5.41, 5.74) is -1.13. The third kappa shape index (κ3) is 2.34. The molecule has 13 nitrogen and oxygen atoms in total. The van der Waals surface area contributed by atoms with E-state index in [4.69, 9.17) is 12.5 Å². The van der Waals surface area contributed by atoms with E-state index in [-0.39, 0.29) is 67.6 Å². The Morgan fingerprint density at radius 3 is 1.47 bits per heavy atom. The molecule has 13 heteroatoms. The number of fused-ring (bicyclic) bond motifs is 6. The lowest BCUT2D eigenvalue weighted by Crippen LogP contribution is -2.08. The Bertz CT molecular complexity index is 1590. The van der Waals surface area contributed by atoms with Crippen LogP contribution in [0.3, 0.4) is 0 Å². The van der Waals surface area contributed by atoms with Crippen molar-refractivity contribution in [1.29, 1.82) is 21.0 Å². The summed E-state index contributed by atoms with van der Waals surface area (Å²) in [4.78, 5) is 32.6. The molecule has 136 valence electrons. The third-order valence-electron chi connectivity index (χ3n) is 3.95. The van der Waals surface area contributed by atoms with Gasteiger partial charge in [-0.25, -0.2) is 24.9 Å². The van der Waals surface area contributed by atoms with Crippen molar-refractivity contribution in [3.8, 4) is 30.2 Å². The monoisotopic (exact) mass is 390 g/mol. The van der Waals surface area contributed by atoms with Gasteiger partial charge in [0.25, 0.3) is 5.88 Å². The summed E-state index contributed by atoms with van der Waals surface area (Å²) in [7, 11) is 0. The number of nitrogens with zero attached hydrogens (tertiary/aromatic N) is 11. The standard InChI is InChI=1S/C17H2N12O/c1-23-16-8(4-20)26-12-10-11(25-7(3-19)6(2-18)24-10)13-15(14(12)28-16)29-17(30-22)9(5-21)27-13/h22H2. The zero-order valence-corrected chi connectivity index (χ0v) is 14.4. The van der Waals surface area contributed by atoms with Crippen LogP contribution in [0.25, 0.3) is 37.9 Å². The summed E-state index contributed by atoms with van der Waals surface area (Å²) in [5.74, 6) is 4.56. The van der Waals surface area contributed by atoms with Gasteiger partial charge in [-0.15, -0.1) is 4.98 Å².